The number of ether oxygens (including phenoxy) is 1. The number of pyridine rings is 1. The largest absolute Gasteiger partial charge is 0.497 e. The van der Waals surface area contributed by atoms with Crippen LogP contribution in [0.15, 0.2) is 48.7 Å². The molecule has 2 aromatic rings. The van der Waals surface area contributed by atoms with Crippen molar-refractivity contribution >= 4 is 6.03 Å². The fraction of sp³-hybridized carbons (Fsp3) is 0.333. The highest BCUT2D eigenvalue weighted by molar-refractivity contribution is 5.74. The van der Waals surface area contributed by atoms with Gasteiger partial charge in [-0.2, -0.15) is 0 Å². The molecule has 0 atom stereocenters. The molecule has 1 saturated carbocycles. The number of methoxy groups -OCH3 is 1. The van der Waals surface area contributed by atoms with Crippen LogP contribution >= 0.6 is 0 Å². The average Bonchev–Trinajstić information content (AvgIpc) is 3.40. The summed E-state index contributed by atoms with van der Waals surface area (Å²) in [6.07, 6.45) is 3.91. The molecule has 5 heteroatoms. The van der Waals surface area contributed by atoms with E-state index < -0.39 is 0 Å². The second kappa shape index (κ2) is 6.69. The predicted molar refractivity (Wildman–Crippen MR) is 88.4 cm³/mol. The maximum atomic E-state index is 12.0. The SMILES string of the molecule is COc1ccc(C2(CNC(=O)NCc3ccccn3)CC2)cc1. The summed E-state index contributed by atoms with van der Waals surface area (Å²) in [4.78, 5) is 16.1. The summed E-state index contributed by atoms with van der Waals surface area (Å²) in [6.45, 7) is 1.08. The van der Waals surface area contributed by atoms with E-state index in [1.807, 2.05) is 30.3 Å². The number of urea groups is 1. The van der Waals surface area contributed by atoms with Crippen LogP contribution in [0, 0.1) is 0 Å². The number of aromatic nitrogens is 1. The van der Waals surface area contributed by atoms with Crippen LogP contribution in [0.1, 0.15) is 24.1 Å². The molecule has 1 aliphatic carbocycles. The summed E-state index contributed by atoms with van der Waals surface area (Å²) in [5.41, 5.74) is 2.18. The Morgan fingerprint density at radius 3 is 2.57 bits per heavy atom. The van der Waals surface area contributed by atoms with Crippen molar-refractivity contribution in [1.82, 2.24) is 15.6 Å². The molecule has 5 nitrogen and oxygen atoms in total. The summed E-state index contributed by atoms with van der Waals surface area (Å²) in [5.74, 6) is 0.852. The van der Waals surface area contributed by atoms with E-state index in [0.29, 0.717) is 13.1 Å². The Morgan fingerprint density at radius 2 is 1.96 bits per heavy atom. The van der Waals surface area contributed by atoms with Gasteiger partial charge in [0.1, 0.15) is 5.75 Å². The Bertz CT molecular complexity index is 652. The molecule has 1 heterocycles. The molecular weight excluding hydrogens is 290 g/mol. The maximum absolute atomic E-state index is 12.0. The minimum atomic E-state index is -0.157. The summed E-state index contributed by atoms with van der Waals surface area (Å²) in [5, 5.41) is 5.81. The Hall–Kier alpha value is -2.56. The highest BCUT2D eigenvalue weighted by Gasteiger charge is 2.44. The molecule has 0 radical (unpaired) electrons. The van der Waals surface area contributed by atoms with Crippen LogP contribution in [0.2, 0.25) is 0 Å². The van der Waals surface area contributed by atoms with Crippen molar-refractivity contribution < 1.29 is 9.53 Å². The Morgan fingerprint density at radius 1 is 1.17 bits per heavy atom. The number of benzene rings is 1. The van der Waals surface area contributed by atoms with Crippen LogP contribution in [0.25, 0.3) is 0 Å². The minimum absolute atomic E-state index is 0.0780. The van der Waals surface area contributed by atoms with Gasteiger partial charge in [0, 0.05) is 18.2 Å². The first-order valence-corrected chi connectivity index (χ1v) is 7.78. The second-order valence-corrected chi connectivity index (χ2v) is 5.87. The molecular formula is C18H21N3O2. The lowest BCUT2D eigenvalue weighted by Gasteiger charge is -2.17. The van der Waals surface area contributed by atoms with Gasteiger partial charge in [0.25, 0.3) is 0 Å². The monoisotopic (exact) mass is 311 g/mol. The molecule has 1 aromatic heterocycles. The lowest BCUT2D eigenvalue weighted by atomic mass is 9.96. The van der Waals surface area contributed by atoms with Crippen molar-refractivity contribution in [2.45, 2.75) is 24.8 Å². The number of carbonyl (C=O) groups is 1. The zero-order valence-corrected chi connectivity index (χ0v) is 13.2. The van der Waals surface area contributed by atoms with E-state index in [9.17, 15) is 4.79 Å². The summed E-state index contributed by atoms with van der Waals surface area (Å²) in [6, 6.07) is 13.6. The van der Waals surface area contributed by atoms with Crippen LogP contribution in [0.4, 0.5) is 4.79 Å². The Labute approximate surface area is 136 Å². The van der Waals surface area contributed by atoms with Crippen molar-refractivity contribution in [3.05, 3.63) is 59.9 Å². The van der Waals surface area contributed by atoms with Gasteiger partial charge in [-0.05, 0) is 42.7 Å². The summed E-state index contributed by atoms with van der Waals surface area (Å²) in [7, 11) is 1.66. The third-order valence-electron chi connectivity index (χ3n) is 4.30. The zero-order valence-electron chi connectivity index (χ0n) is 13.2. The van der Waals surface area contributed by atoms with Crippen molar-refractivity contribution in [2.24, 2.45) is 0 Å². The van der Waals surface area contributed by atoms with Crippen LogP contribution in [0.5, 0.6) is 5.75 Å². The predicted octanol–water partition coefficient (Wildman–Crippen LogP) is 2.62. The first-order chi connectivity index (χ1) is 11.2. The number of carbonyl (C=O) groups excluding carboxylic acids is 1. The molecule has 120 valence electrons. The quantitative estimate of drug-likeness (QED) is 0.862. The van der Waals surface area contributed by atoms with Gasteiger partial charge in [-0.1, -0.05) is 18.2 Å². The van der Waals surface area contributed by atoms with Crippen molar-refractivity contribution in [3.8, 4) is 5.75 Å². The van der Waals surface area contributed by atoms with Crippen LogP contribution in [0.3, 0.4) is 0 Å². The molecule has 0 saturated heterocycles. The second-order valence-electron chi connectivity index (χ2n) is 5.87. The molecule has 0 bridgehead atoms. The van der Waals surface area contributed by atoms with Gasteiger partial charge in [-0.3, -0.25) is 4.98 Å². The molecule has 1 aromatic carbocycles. The zero-order chi connectivity index (χ0) is 16.1. The van der Waals surface area contributed by atoms with Crippen LogP contribution in [-0.4, -0.2) is 24.7 Å². The van der Waals surface area contributed by atoms with E-state index in [4.69, 9.17) is 4.74 Å². The molecule has 1 fully saturated rings. The molecule has 3 rings (SSSR count). The number of hydrogen-bond donors (Lipinski definition) is 2. The van der Waals surface area contributed by atoms with E-state index in [1.54, 1.807) is 13.3 Å². The highest BCUT2D eigenvalue weighted by Crippen LogP contribution is 2.47. The van der Waals surface area contributed by atoms with Gasteiger partial charge >= 0.3 is 6.03 Å². The minimum Gasteiger partial charge on any atom is -0.497 e. The van der Waals surface area contributed by atoms with Crippen molar-refractivity contribution in [1.29, 1.82) is 0 Å². The van der Waals surface area contributed by atoms with E-state index in [-0.39, 0.29) is 11.4 Å². The Kier molecular flexibility index (Phi) is 4.46. The molecule has 0 spiro atoms. The average molecular weight is 311 g/mol. The maximum Gasteiger partial charge on any atom is 0.315 e. The molecule has 1 aliphatic rings. The van der Waals surface area contributed by atoms with Gasteiger partial charge in [0.05, 0.1) is 19.3 Å². The Balaban J connectivity index is 1.50. The third kappa shape index (κ3) is 3.80. The normalized spacial score (nSPS) is 14.8. The number of rotatable bonds is 6. The van der Waals surface area contributed by atoms with Crippen molar-refractivity contribution in [2.75, 3.05) is 13.7 Å². The van der Waals surface area contributed by atoms with E-state index in [1.165, 1.54) is 5.56 Å². The number of nitrogens with zero attached hydrogens (tertiary/aromatic N) is 1. The first kappa shape index (κ1) is 15.3. The summed E-state index contributed by atoms with van der Waals surface area (Å²) >= 11 is 0. The third-order valence-corrected chi connectivity index (χ3v) is 4.30. The first-order valence-electron chi connectivity index (χ1n) is 7.78. The fourth-order valence-corrected chi connectivity index (χ4v) is 2.65. The number of nitrogens with one attached hydrogen (secondary N) is 2. The van der Waals surface area contributed by atoms with Gasteiger partial charge in [-0.25, -0.2) is 4.79 Å². The van der Waals surface area contributed by atoms with Crippen LogP contribution in [-0.2, 0) is 12.0 Å². The molecule has 0 aliphatic heterocycles. The van der Waals surface area contributed by atoms with E-state index in [2.05, 4.69) is 27.8 Å². The van der Waals surface area contributed by atoms with Crippen LogP contribution < -0.4 is 15.4 Å². The summed E-state index contributed by atoms with van der Waals surface area (Å²) < 4.78 is 5.19. The van der Waals surface area contributed by atoms with Gasteiger partial charge in [0.15, 0.2) is 0 Å². The number of amides is 2. The standard InChI is InChI=1S/C18H21N3O2/c1-23-16-7-5-14(6-8-16)18(9-10-18)13-21-17(22)20-12-15-4-2-3-11-19-15/h2-8,11H,9-10,12-13H2,1H3,(H2,20,21,22). The smallest absolute Gasteiger partial charge is 0.315 e. The van der Waals surface area contributed by atoms with Gasteiger partial charge in [-0.15, -0.1) is 0 Å². The van der Waals surface area contributed by atoms with E-state index in [0.717, 1.165) is 24.3 Å². The van der Waals surface area contributed by atoms with Gasteiger partial charge in [0.2, 0.25) is 0 Å². The highest BCUT2D eigenvalue weighted by atomic mass is 16.5. The fourth-order valence-electron chi connectivity index (χ4n) is 2.65. The molecule has 23 heavy (non-hydrogen) atoms. The molecule has 2 amide bonds. The van der Waals surface area contributed by atoms with E-state index >= 15 is 0 Å². The lowest BCUT2D eigenvalue weighted by molar-refractivity contribution is 0.239. The molecule has 0 unspecified atom stereocenters. The van der Waals surface area contributed by atoms with Crippen molar-refractivity contribution in [3.63, 3.8) is 0 Å². The number of hydrogen-bond acceptors (Lipinski definition) is 3. The molecule has 2 N–H and O–H groups in total. The lowest BCUT2D eigenvalue weighted by Crippen LogP contribution is -2.39. The topological polar surface area (TPSA) is 63.2 Å². The van der Waals surface area contributed by atoms with Gasteiger partial charge < -0.3 is 15.4 Å².